The van der Waals surface area contributed by atoms with Crippen molar-refractivity contribution in [3.05, 3.63) is 77.0 Å². The molecule has 3 heterocycles. The third-order valence-corrected chi connectivity index (χ3v) is 6.80. The molecule has 0 bridgehead atoms. The van der Waals surface area contributed by atoms with Gasteiger partial charge in [0.25, 0.3) is 5.91 Å². The van der Waals surface area contributed by atoms with Crippen LogP contribution < -0.4 is 10.1 Å². The molecular weight excluding hydrogens is 430 g/mol. The van der Waals surface area contributed by atoms with Gasteiger partial charge in [0, 0.05) is 29.8 Å². The van der Waals surface area contributed by atoms with Crippen LogP contribution in [0.4, 0.5) is 0 Å². The number of hydrogen-bond acceptors (Lipinski definition) is 5. The predicted molar refractivity (Wildman–Crippen MR) is 127 cm³/mol. The van der Waals surface area contributed by atoms with Crippen molar-refractivity contribution >= 4 is 17.6 Å². The highest BCUT2D eigenvalue weighted by Crippen LogP contribution is 2.34. The van der Waals surface area contributed by atoms with Crippen LogP contribution in [0.2, 0.25) is 0 Å². The number of Topliss-reactive ketones (excluding diaryl/α,β-unsaturated/α-hetero) is 1. The molecule has 2 amide bonds. The normalized spacial score (nSPS) is 20.9. The third kappa shape index (κ3) is 4.61. The van der Waals surface area contributed by atoms with Crippen molar-refractivity contribution in [1.82, 2.24) is 15.1 Å². The molecule has 2 aromatic carbocycles. The molecule has 1 atom stereocenters. The maximum absolute atomic E-state index is 13.0. The van der Waals surface area contributed by atoms with Crippen molar-refractivity contribution in [3.63, 3.8) is 0 Å². The number of nitrogens with zero attached hydrogens (tertiary/aromatic N) is 2. The summed E-state index contributed by atoms with van der Waals surface area (Å²) in [5.41, 5.74) is 4.33. The van der Waals surface area contributed by atoms with Gasteiger partial charge in [-0.05, 0) is 49.1 Å². The van der Waals surface area contributed by atoms with Crippen molar-refractivity contribution in [1.29, 1.82) is 0 Å². The Hall–Kier alpha value is -3.45. The molecule has 1 unspecified atom stereocenters. The zero-order valence-corrected chi connectivity index (χ0v) is 19.2. The monoisotopic (exact) mass is 459 g/mol. The van der Waals surface area contributed by atoms with Gasteiger partial charge in [0.15, 0.2) is 0 Å². The number of carbonyl (C=O) groups is 3. The number of likely N-dealkylation sites (tertiary alicyclic amines) is 1. The fourth-order valence-corrected chi connectivity index (χ4v) is 4.97. The number of amides is 2. The topological polar surface area (TPSA) is 79.0 Å². The number of fused-ring (bicyclic) bond motifs is 1. The van der Waals surface area contributed by atoms with Gasteiger partial charge in [-0.2, -0.15) is 0 Å². The van der Waals surface area contributed by atoms with E-state index in [1.807, 2.05) is 24.3 Å². The van der Waals surface area contributed by atoms with E-state index in [1.165, 1.54) is 5.56 Å². The van der Waals surface area contributed by atoms with Gasteiger partial charge in [-0.1, -0.05) is 36.9 Å². The van der Waals surface area contributed by atoms with Gasteiger partial charge < -0.3 is 15.0 Å². The van der Waals surface area contributed by atoms with Crippen LogP contribution in [0.3, 0.4) is 0 Å². The van der Waals surface area contributed by atoms with Crippen molar-refractivity contribution in [2.45, 2.75) is 51.4 Å². The van der Waals surface area contributed by atoms with E-state index in [2.05, 4.69) is 28.9 Å². The van der Waals surface area contributed by atoms with Crippen molar-refractivity contribution in [3.8, 4) is 5.75 Å². The highest BCUT2D eigenvalue weighted by molar-refractivity contribution is 6.02. The van der Waals surface area contributed by atoms with Gasteiger partial charge in [-0.3, -0.25) is 19.3 Å². The van der Waals surface area contributed by atoms with E-state index in [4.69, 9.17) is 4.74 Å². The van der Waals surface area contributed by atoms with Crippen LogP contribution in [0.25, 0.3) is 0 Å². The molecule has 2 fully saturated rings. The Morgan fingerprint density at radius 3 is 2.56 bits per heavy atom. The van der Waals surface area contributed by atoms with Crippen LogP contribution in [-0.2, 0) is 29.3 Å². The number of ketones is 1. The summed E-state index contributed by atoms with van der Waals surface area (Å²) in [6, 6.07) is 13.2. The number of rotatable bonds is 6. The van der Waals surface area contributed by atoms with Crippen molar-refractivity contribution in [2.75, 3.05) is 13.1 Å². The second kappa shape index (κ2) is 9.43. The summed E-state index contributed by atoms with van der Waals surface area (Å²) in [5, 5.41) is 2.77. The molecule has 3 aliphatic rings. The minimum atomic E-state index is -0.485. The lowest BCUT2D eigenvalue weighted by molar-refractivity contribution is -0.126. The SMILES string of the molecule is C=C1CCC(N2Cc3c(OCc4ccc(CN5CCCC(=O)C5)cc4)cccc3C2=O)C(=O)N1. The molecule has 2 aromatic rings. The Labute approximate surface area is 199 Å². The summed E-state index contributed by atoms with van der Waals surface area (Å²) in [5.74, 6) is 0.686. The molecule has 1 N–H and O–H groups in total. The standard InChI is InChI=1S/C27H29N3O4/c1-18-7-12-24(26(32)28-18)30-16-23-22(27(30)33)5-2-6-25(23)34-17-20-10-8-19(9-11-20)14-29-13-3-4-21(31)15-29/h2,5-6,8-11,24H,1,3-4,7,12-17H2,(H,28,32). The maximum atomic E-state index is 13.0. The average Bonchev–Trinajstić information content (AvgIpc) is 3.15. The van der Waals surface area contributed by atoms with Gasteiger partial charge in [0.2, 0.25) is 5.91 Å². The molecule has 0 radical (unpaired) electrons. The molecule has 7 heteroatoms. The van der Waals surface area contributed by atoms with E-state index in [9.17, 15) is 14.4 Å². The summed E-state index contributed by atoms with van der Waals surface area (Å²) in [6.07, 6.45) is 2.89. The molecule has 3 aliphatic heterocycles. The molecule has 0 aromatic heterocycles. The molecule has 34 heavy (non-hydrogen) atoms. The van der Waals surface area contributed by atoms with Crippen LogP contribution in [-0.4, -0.2) is 46.5 Å². The van der Waals surface area contributed by atoms with E-state index < -0.39 is 6.04 Å². The number of hydrogen-bond donors (Lipinski definition) is 1. The van der Waals surface area contributed by atoms with E-state index in [-0.39, 0.29) is 11.8 Å². The van der Waals surface area contributed by atoms with Crippen LogP contribution in [0.5, 0.6) is 5.75 Å². The molecular formula is C27H29N3O4. The Morgan fingerprint density at radius 2 is 1.79 bits per heavy atom. The lowest BCUT2D eigenvalue weighted by Crippen LogP contribution is -2.49. The molecule has 0 saturated carbocycles. The average molecular weight is 460 g/mol. The van der Waals surface area contributed by atoms with Crippen LogP contribution >= 0.6 is 0 Å². The number of nitrogens with one attached hydrogen (secondary N) is 1. The second-order valence-corrected chi connectivity index (χ2v) is 9.32. The Morgan fingerprint density at radius 1 is 1.00 bits per heavy atom. The number of benzene rings is 2. The smallest absolute Gasteiger partial charge is 0.255 e. The number of allylic oxidation sites excluding steroid dienone is 1. The first-order valence-corrected chi connectivity index (χ1v) is 11.8. The summed E-state index contributed by atoms with van der Waals surface area (Å²) in [7, 11) is 0. The number of ether oxygens (including phenoxy) is 1. The fraction of sp³-hybridized carbons (Fsp3) is 0.370. The quantitative estimate of drug-likeness (QED) is 0.718. The van der Waals surface area contributed by atoms with E-state index in [0.717, 1.165) is 30.6 Å². The Balaban J connectivity index is 1.22. The van der Waals surface area contributed by atoms with Gasteiger partial charge in [0.1, 0.15) is 24.2 Å². The van der Waals surface area contributed by atoms with Gasteiger partial charge in [0.05, 0.1) is 13.1 Å². The van der Waals surface area contributed by atoms with Crippen LogP contribution in [0.15, 0.2) is 54.7 Å². The fourth-order valence-electron chi connectivity index (χ4n) is 4.97. The zero-order chi connectivity index (χ0) is 23.7. The first-order chi connectivity index (χ1) is 16.5. The van der Waals surface area contributed by atoms with E-state index >= 15 is 0 Å². The van der Waals surface area contributed by atoms with Crippen molar-refractivity contribution < 1.29 is 19.1 Å². The summed E-state index contributed by atoms with van der Waals surface area (Å²) in [6.45, 7) is 6.84. The Kier molecular flexibility index (Phi) is 6.20. The lowest BCUT2D eigenvalue weighted by Gasteiger charge is -2.31. The van der Waals surface area contributed by atoms with Crippen molar-refractivity contribution in [2.24, 2.45) is 0 Å². The lowest BCUT2D eigenvalue weighted by atomic mass is 10.0. The largest absolute Gasteiger partial charge is 0.489 e. The molecule has 5 rings (SSSR count). The highest BCUT2D eigenvalue weighted by atomic mass is 16.5. The first kappa shape index (κ1) is 22.3. The summed E-state index contributed by atoms with van der Waals surface area (Å²) >= 11 is 0. The minimum Gasteiger partial charge on any atom is -0.489 e. The second-order valence-electron chi connectivity index (χ2n) is 9.32. The molecule has 0 spiro atoms. The molecule has 0 aliphatic carbocycles. The summed E-state index contributed by atoms with van der Waals surface area (Å²) < 4.78 is 6.12. The van der Waals surface area contributed by atoms with E-state index in [1.54, 1.807) is 11.0 Å². The molecule has 176 valence electrons. The number of piperidine rings is 2. The van der Waals surface area contributed by atoms with Crippen LogP contribution in [0.1, 0.15) is 52.7 Å². The molecule has 7 nitrogen and oxygen atoms in total. The van der Waals surface area contributed by atoms with Gasteiger partial charge >= 0.3 is 0 Å². The zero-order valence-electron chi connectivity index (χ0n) is 19.2. The minimum absolute atomic E-state index is 0.131. The molecule has 2 saturated heterocycles. The predicted octanol–water partition coefficient (Wildman–Crippen LogP) is 3.18. The summed E-state index contributed by atoms with van der Waals surface area (Å²) in [4.78, 5) is 41.0. The maximum Gasteiger partial charge on any atom is 0.255 e. The number of carbonyl (C=O) groups excluding carboxylic acids is 3. The van der Waals surface area contributed by atoms with Crippen LogP contribution in [0, 0.1) is 0 Å². The first-order valence-electron chi connectivity index (χ1n) is 11.8. The Bertz CT molecular complexity index is 1140. The van der Waals surface area contributed by atoms with Gasteiger partial charge in [-0.25, -0.2) is 0 Å². The van der Waals surface area contributed by atoms with Gasteiger partial charge in [-0.15, -0.1) is 0 Å². The highest BCUT2D eigenvalue weighted by Gasteiger charge is 2.39. The third-order valence-electron chi connectivity index (χ3n) is 6.80. The van der Waals surface area contributed by atoms with E-state index in [0.29, 0.717) is 61.8 Å².